The molecule has 1 aliphatic rings. The van der Waals surface area contributed by atoms with Crippen LogP contribution in [0.5, 0.6) is 0 Å². The van der Waals surface area contributed by atoms with Crippen LogP contribution >= 0.6 is 11.8 Å². The van der Waals surface area contributed by atoms with Crippen molar-refractivity contribution in [3.63, 3.8) is 0 Å². The Balaban J connectivity index is 2.64. The Hall–Kier alpha value is -0.500. The summed E-state index contributed by atoms with van der Waals surface area (Å²) >= 11 is 2.01. The van der Waals surface area contributed by atoms with E-state index in [9.17, 15) is 0 Å². The van der Waals surface area contributed by atoms with Gasteiger partial charge in [-0.15, -0.1) is 11.8 Å². The fourth-order valence-electron chi connectivity index (χ4n) is 3.70. The van der Waals surface area contributed by atoms with Gasteiger partial charge in [-0.3, -0.25) is 0 Å². The van der Waals surface area contributed by atoms with Gasteiger partial charge in [0.2, 0.25) is 0 Å². The van der Waals surface area contributed by atoms with Gasteiger partial charge in [-0.1, -0.05) is 48.5 Å². The average Bonchev–Trinajstić information content (AvgIpc) is 2.42. The Morgan fingerprint density at radius 3 is 2.32 bits per heavy atom. The van der Waals surface area contributed by atoms with Crippen molar-refractivity contribution in [2.45, 2.75) is 83.9 Å². The van der Waals surface area contributed by atoms with Crippen LogP contribution in [0.15, 0.2) is 11.1 Å². The smallest absolute Gasteiger partial charge is 0.100 e. The van der Waals surface area contributed by atoms with Crippen molar-refractivity contribution in [2.75, 3.05) is 0 Å². The normalized spacial score (nSPS) is 29.4. The van der Waals surface area contributed by atoms with Crippen molar-refractivity contribution in [1.82, 2.24) is 4.98 Å². The summed E-state index contributed by atoms with van der Waals surface area (Å²) in [5.74, 6) is 3.38. The molecule has 0 spiro atoms. The molecule has 0 radical (unpaired) electrons. The number of fused-ring (bicyclic) bond motifs is 1. The Kier molecular flexibility index (Phi) is 5.63. The molecule has 0 aromatic carbocycles. The highest BCUT2D eigenvalue weighted by Gasteiger charge is 2.33. The monoisotopic (exact) mass is 319 g/mol. The quantitative estimate of drug-likeness (QED) is 0.624. The zero-order chi connectivity index (χ0) is 16.6. The van der Waals surface area contributed by atoms with E-state index in [-0.39, 0.29) is 0 Å². The van der Waals surface area contributed by atoms with E-state index in [1.165, 1.54) is 22.7 Å². The van der Waals surface area contributed by atoms with E-state index in [1.54, 1.807) is 5.56 Å². The topological polar surface area (TPSA) is 12.9 Å². The van der Waals surface area contributed by atoms with E-state index in [4.69, 9.17) is 4.98 Å². The number of rotatable bonds is 2. The van der Waals surface area contributed by atoms with Gasteiger partial charge in [0.25, 0.3) is 0 Å². The molecule has 0 saturated heterocycles. The lowest BCUT2D eigenvalue weighted by molar-refractivity contribution is 0.299. The largest absolute Gasteiger partial charge is 0.247 e. The van der Waals surface area contributed by atoms with Gasteiger partial charge in [0.1, 0.15) is 5.03 Å². The van der Waals surface area contributed by atoms with Crippen LogP contribution in [0.4, 0.5) is 0 Å². The minimum absolute atomic E-state index is 0.569. The lowest BCUT2D eigenvalue weighted by atomic mass is 9.75. The van der Waals surface area contributed by atoms with Crippen LogP contribution in [0, 0.1) is 24.7 Å². The van der Waals surface area contributed by atoms with E-state index in [0.717, 1.165) is 11.8 Å². The van der Waals surface area contributed by atoms with Gasteiger partial charge in [-0.25, -0.2) is 4.98 Å². The van der Waals surface area contributed by atoms with Crippen LogP contribution < -0.4 is 0 Å². The van der Waals surface area contributed by atoms with Gasteiger partial charge in [0.15, 0.2) is 0 Å². The van der Waals surface area contributed by atoms with Crippen molar-refractivity contribution >= 4 is 11.8 Å². The van der Waals surface area contributed by atoms with Gasteiger partial charge in [-0.2, -0.15) is 0 Å². The lowest BCUT2D eigenvalue weighted by Gasteiger charge is -2.36. The summed E-state index contributed by atoms with van der Waals surface area (Å²) in [4.78, 5) is 4.96. The molecule has 124 valence electrons. The fraction of sp³-hybridized carbons (Fsp3) is 0.750. The SMILES string of the molecule is Cc1cc(C(C)C)c2c(n1)S[C@H](C)[C@H](C)[C@H](C)CC2C(C)C. The molecule has 1 aliphatic heterocycles. The highest BCUT2D eigenvalue weighted by molar-refractivity contribution is 7.99. The van der Waals surface area contributed by atoms with Crippen LogP contribution in [0.2, 0.25) is 0 Å². The van der Waals surface area contributed by atoms with Crippen molar-refractivity contribution in [3.05, 3.63) is 22.9 Å². The summed E-state index contributed by atoms with van der Waals surface area (Å²) in [5.41, 5.74) is 4.26. The molecule has 1 nitrogen and oxygen atoms in total. The first-order valence-electron chi connectivity index (χ1n) is 8.90. The van der Waals surface area contributed by atoms with Crippen LogP contribution in [-0.2, 0) is 0 Å². The third-order valence-corrected chi connectivity index (χ3v) is 6.88. The third-order valence-electron chi connectivity index (χ3n) is 5.54. The molecular weight excluding hydrogens is 286 g/mol. The molecule has 1 aromatic rings. The summed E-state index contributed by atoms with van der Waals surface area (Å²) in [5, 5.41) is 1.95. The number of aromatic nitrogens is 1. The first-order valence-corrected chi connectivity index (χ1v) is 9.78. The molecule has 1 aromatic heterocycles. The van der Waals surface area contributed by atoms with Gasteiger partial charge >= 0.3 is 0 Å². The van der Waals surface area contributed by atoms with E-state index < -0.39 is 0 Å². The Morgan fingerprint density at radius 2 is 1.77 bits per heavy atom. The number of thioether (sulfide) groups is 1. The Bertz CT molecular complexity index is 521. The summed E-state index contributed by atoms with van der Waals surface area (Å²) < 4.78 is 0. The molecule has 4 atom stereocenters. The fourth-order valence-corrected chi connectivity index (χ4v) is 5.13. The molecule has 0 fully saturated rings. The molecule has 22 heavy (non-hydrogen) atoms. The van der Waals surface area contributed by atoms with Crippen LogP contribution in [0.25, 0.3) is 0 Å². The minimum atomic E-state index is 0.569. The second-order valence-electron chi connectivity index (χ2n) is 7.97. The zero-order valence-corrected chi connectivity index (χ0v) is 16.4. The summed E-state index contributed by atoms with van der Waals surface area (Å²) in [6.07, 6.45) is 1.29. The van der Waals surface area contributed by atoms with Gasteiger partial charge in [0.05, 0.1) is 0 Å². The van der Waals surface area contributed by atoms with Crippen LogP contribution in [-0.4, -0.2) is 10.2 Å². The van der Waals surface area contributed by atoms with Gasteiger partial charge in [0, 0.05) is 10.9 Å². The standard InChI is InChI=1S/C20H33NS/c1-11(2)17-9-13(5)15(7)16(8)22-20-19(17)18(12(3)4)10-14(6)21-20/h10-13,15-17H,9H2,1-8H3/t13-,15-,16-,17?/m1/s1. The maximum atomic E-state index is 4.96. The number of pyridine rings is 1. The molecule has 0 amide bonds. The molecule has 2 heteroatoms. The lowest BCUT2D eigenvalue weighted by Crippen LogP contribution is -2.26. The van der Waals surface area contributed by atoms with E-state index in [0.29, 0.717) is 23.0 Å². The maximum absolute atomic E-state index is 4.96. The second-order valence-corrected chi connectivity index (χ2v) is 9.34. The Labute approximate surface area is 141 Å². The maximum Gasteiger partial charge on any atom is 0.100 e. The summed E-state index contributed by atoms with van der Waals surface area (Å²) in [6, 6.07) is 2.33. The predicted molar refractivity (Wildman–Crippen MR) is 98.9 cm³/mol. The number of hydrogen-bond donors (Lipinski definition) is 0. The summed E-state index contributed by atoms with van der Waals surface area (Å²) in [7, 11) is 0. The van der Waals surface area contributed by atoms with E-state index >= 15 is 0 Å². The third kappa shape index (κ3) is 3.53. The molecule has 0 aliphatic carbocycles. The number of hydrogen-bond acceptors (Lipinski definition) is 2. The summed E-state index contributed by atoms with van der Waals surface area (Å²) in [6.45, 7) is 18.8. The molecular formula is C20H33NS. The molecule has 0 saturated carbocycles. The zero-order valence-electron chi connectivity index (χ0n) is 15.6. The average molecular weight is 320 g/mol. The molecule has 2 rings (SSSR count). The predicted octanol–water partition coefficient (Wildman–Crippen LogP) is 6.41. The van der Waals surface area contributed by atoms with Crippen LogP contribution in [0.3, 0.4) is 0 Å². The van der Waals surface area contributed by atoms with E-state index in [2.05, 4.69) is 61.5 Å². The first-order chi connectivity index (χ1) is 10.2. The van der Waals surface area contributed by atoms with Gasteiger partial charge in [-0.05, 0) is 60.1 Å². The first kappa shape index (κ1) is 17.8. The number of aryl methyl sites for hydroxylation is 1. The van der Waals surface area contributed by atoms with Crippen molar-refractivity contribution in [2.24, 2.45) is 17.8 Å². The van der Waals surface area contributed by atoms with Gasteiger partial charge < -0.3 is 0 Å². The highest BCUT2D eigenvalue weighted by atomic mass is 32.2. The molecule has 2 heterocycles. The van der Waals surface area contributed by atoms with Crippen molar-refractivity contribution < 1.29 is 0 Å². The molecule has 0 N–H and O–H groups in total. The minimum Gasteiger partial charge on any atom is -0.247 e. The van der Waals surface area contributed by atoms with E-state index in [1.807, 2.05) is 11.8 Å². The van der Waals surface area contributed by atoms with Crippen LogP contribution in [0.1, 0.15) is 83.5 Å². The second kappa shape index (κ2) is 6.95. The van der Waals surface area contributed by atoms with Crippen molar-refractivity contribution in [3.8, 4) is 0 Å². The Morgan fingerprint density at radius 1 is 1.14 bits per heavy atom. The number of nitrogens with zero attached hydrogens (tertiary/aromatic N) is 1. The molecule has 0 bridgehead atoms. The highest BCUT2D eigenvalue weighted by Crippen LogP contribution is 2.47. The molecule has 1 unspecified atom stereocenters. The van der Waals surface area contributed by atoms with Crippen molar-refractivity contribution in [1.29, 1.82) is 0 Å².